The highest BCUT2D eigenvalue weighted by atomic mass is 16.5. The van der Waals surface area contributed by atoms with E-state index in [1.54, 1.807) is 20.8 Å². The van der Waals surface area contributed by atoms with Crippen LogP contribution in [0.3, 0.4) is 0 Å². The molecule has 0 saturated carbocycles. The molecule has 0 aliphatic rings. The molecular formula is C8H14N4O2. The average Bonchev–Trinajstić information content (AvgIpc) is 2.52. The molecule has 0 radical (unpaired) electrons. The SMILES string of the molecule is CCOC(=O)C(C)(C)n1cnc(N)n1. The third-order valence-corrected chi connectivity index (χ3v) is 1.86. The van der Waals surface area contributed by atoms with E-state index in [-0.39, 0.29) is 11.9 Å². The standard InChI is InChI=1S/C8H14N4O2/c1-4-14-6(13)8(2,3)12-5-10-7(9)11-12/h5H,4H2,1-3H3,(H2,9,11). The molecule has 0 saturated heterocycles. The Morgan fingerprint density at radius 2 is 2.36 bits per heavy atom. The van der Waals surface area contributed by atoms with Crippen LogP contribution in [0.15, 0.2) is 6.33 Å². The minimum atomic E-state index is -0.874. The van der Waals surface area contributed by atoms with Crippen LogP contribution in [0.25, 0.3) is 0 Å². The number of nitrogens with zero attached hydrogens (tertiary/aromatic N) is 3. The molecule has 6 nitrogen and oxygen atoms in total. The van der Waals surface area contributed by atoms with E-state index < -0.39 is 5.54 Å². The van der Waals surface area contributed by atoms with Gasteiger partial charge in [0.25, 0.3) is 0 Å². The van der Waals surface area contributed by atoms with Crippen LogP contribution in [-0.2, 0) is 15.1 Å². The molecular weight excluding hydrogens is 184 g/mol. The molecule has 2 N–H and O–H groups in total. The first-order valence-electron chi connectivity index (χ1n) is 4.33. The largest absolute Gasteiger partial charge is 0.464 e. The molecule has 0 fully saturated rings. The van der Waals surface area contributed by atoms with E-state index in [1.165, 1.54) is 11.0 Å². The zero-order valence-corrected chi connectivity index (χ0v) is 8.52. The Morgan fingerprint density at radius 1 is 1.71 bits per heavy atom. The number of esters is 1. The van der Waals surface area contributed by atoms with Crippen molar-refractivity contribution in [2.24, 2.45) is 0 Å². The van der Waals surface area contributed by atoms with Crippen molar-refractivity contribution in [3.8, 4) is 0 Å². The number of hydrogen-bond donors (Lipinski definition) is 1. The quantitative estimate of drug-likeness (QED) is 0.699. The number of carbonyl (C=O) groups excluding carboxylic acids is 1. The Labute approximate surface area is 82.1 Å². The second-order valence-electron chi connectivity index (χ2n) is 3.33. The summed E-state index contributed by atoms with van der Waals surface area (Å²) >= 11 is 0. The van der Waals surface area contributed by atoms with E-state index in [4.69, 9.17) is 10.5 Å². The van der Waals surface area contributed by atoms with Crippen LogP contribution < -0.4 is 5.73 Å². The van der Waals surface area contributed by atoms with Gasteiger partial charge in [0.1, 0.15) is 6.33 Å². The molecule has 0 unspecified atom stereocenters. The molecule has 1 rings (SSSR count). The van der Waals surface area contributed by atoms with Gasteiger partial charge in [-0.15, -0.1) is 5.10 Å². The van der Waals surface area contributed by atoms with Gasteiger partial charge >= 0.3 is 5.97 Å². The number of carbonyl (C=O) groups is 1. The molecule has 1 heterocycles. The first-order chi connectivity index (χ1) is 6.48. The van der Waals surface area contributed by atoms with Crippen molar-refractivity contribution in [2.75, 3.05) is 12.3 Å². The van der Waals surface area contributed by atoms with Crippen LogP contribution in [0.2, 0.25) is 0 Å². The van der Waals surface area contributed by atoms with Crippen LogP contribution in [0, 0.1) is 0 Å². The first kappa shape index (κ1) is 10.5. The number of anilines is 1. The maximum absolute atomic E-state index is 11.5. The first-order valence-corrected chi connectivity index (χ1v) is 4.33. The number of hydrogen-bond acceptors (Lipinski definition) is 5. The summed E-state index contributed by atoms with van der Waals surface area (Å²) < 4.78 is 6.29. The van der Waals surface area contributed by atoms with Crippen LogP contribution in [0.4, 0.5) is 5.95 Å². The highest BCUT2D eigenvalue weighted by Gasteiger charge is 2.32. The van der Waals surface area contributed by atoms with Crippen LogP contribution in [0.5, 0.6) is 0 Å². The van der Waals surface area contributed by atoms with E-state index in [0.717, 1.165) is 0 Å². The summed E-state index contributed by atoms with van der Waals surface area (Å²) in [5, 5.41) is 3.87. The minimum absolute atomic E-state index is 0.141. The maximum atomic E-state index is 11.5. The smallest absolute Gasteiger partial charge is 0.333 e. The number of ether oxygens (including phenoxy) is 1. The molecule has 0 atom stereocenters. The molecule has 1 aromatic heterocycles. The number of nitrogens with two attached hydrogens (primary N) is 1. The van der Waals surface area contributed by atoms with Gasteiger partial charge in [-0.25, -0.2) is 14.5 Å². The molecule has 78 valence electrons. The number of aromatic nitrogens is 3. The third-order valence-electron chi connectivity index (χ3n) is 1.86. The van der Waals surface area contributed by atoms with Gasteiger partial charge in [0.15, 0.2) is 5.54 Å². The Hall–Kier alpha value is -1.59. The Bertz CT molecular complexity index is 332. The lowest BCUT2D eigenvalue weighted by atomic mass is 10.1. The zero-order valence-electron chi connectivity index (χ0n) is 8.52. The topological polar surface area (TPSA) is 83.0 Å². The molecule has 14 heavy (non-hydrogen) atoms. The fraction of sp³-hybridized carbons (Fsp3) is 0.625. The second-order valence-corrected chi connectivity index (χ2v) is 3.33. The average molecular weight is 198 g/mol. The molecule has 1 aromatic rings. The summed E-state index contributed by atoms with van der Waals surface area (Å²) in [5.41, 5.74) is 4.48. The Kier molecular flexibility index (Phi) is 2.73. The summed E-state index contributed by atoms with van der Waals surface area (Å²) in [7, 11) is 0. The summed E-state index contributed by atoms with van der Waals surface area (Å²) in [6, 6.07) is 0. The van der Waals surface area contributed by atoms with E-state index in [2.05, 4.69) is 10.1 Å². The van der Waals surface area contributed by atoms with Crippen LogP contribution in [0.1, 0.15) is 20.8 Å². The van der Waals surface area contributed by atoms with Gasteiger partial charge in [0.05, 0.1) is 6.61 Å². The number of rotatable bonds is 3. The van der Waals surface area contributed by atoms with Crippen molar-refractivity contribution in [3.05, 3.63) is 6.33 Å². The van der Waals surface area contributed by atoms with E-state index in [1.807, 2.05) is 0 Å². The van der Waals surface area contributed by atoms with Crippen molar-refractivity contribution < 1.29 is 9.53 Å². The lowest BCUT2D eigenvalue weighted by Crippen LogP contribution is -2.37. The predicted molar refractivity (Wildman–Crippen MR) is 50.4 cm³/mol. The molecule has 0 amide bonds. The van der Waals surface area contributed by atoms with Gasteiger partial charge in [-0.2, -0.15) is 0 Å². The fourth-order valence-electron chi connectivity index (χ4n) is 0.946. The molecule has 6 heteroatoms. The minimum Gasteiger partial charge on any atom is -0.464 e. The lowest BCUT2D eigenvalue weighted by Gasteiger charge is -2.21. The van der Waals surface area contributed by atoms with Crippen molar-refractivity contribution in [2.45, 2.75) is 26.3 Å². The van der Waals surface area contributed by atoms with Crippen molar-refractivity contribution in [1.82, 2.24) is 14.8 Å². The van der Waals surface area contributed by atoms with Gasteiger partial charge < -0.3 is 10.5 Å². The van der Waals surface area contributed by atoms with Crippen LogP contribution >= 0.6 is 0 Å². The third kappa shape index (κ3) is 1.84. The van der Waals surface area contributed by atoms with Crippen LogP contribution in [-0.4, -0.2) is 27.3 Å². The van der Waals surface area contributed by atoms with Gasteiger partial charge in [-0.3, -0.25) is 0 Å². The summed E-state index contributed by atoms with van der Waals surface area (Å²) in [5.74, 6) is -0.215. The van der Waals surface area contributed by atoms with Gasteiger partial charge in [-0.1, -0.05) is 0 Å². The summed E-state index contributed by atoms with van der Waals surface area (Å²) in [4.78, 5) is 15.3. The highest BCUT2D eigenvalue weighted by Crippen LogP contribution is 2.15. The molecule has 0 bridgehead atoms. The molecule has 0 spiro atoms. The van der Waals surface area contributed by atoms with E-state index >= 15 is 0 Å². The summed E-state index contributed by atoms with van der Waals surface area (Å²) in [6.07, 6.45) is 1.41. The fourth-order valence-corrected chi connectivity index (χ4v) is 0.946. The second kappa shape index (κ2) is 3.65. The van der Waals surface area contributed by atoms with Gasteiger partial charge in [0, 0.05) is 0 Å². The number of nitrogen functional groups attached to an aromatic ring is 1. The highest BCUT2D eigenvalue weighted by molar-refractivity contribution is 5.77. The van der Waals surface area contributed by atoms with Crippen molar-refractivity contribution in [1.29, 1.82) is 0 Å². The predicted octanol–water partition coefficient (Wildman–Crippen LogP) is 0.158. The van der Waals surface area contributed by atoms with E-state index in [0.29, 0.717) is 6.61 Å². The maximum Gasteiger partial charge on any atom is 0.333 e. The van der Waals surface area contributed by atoms with Crippen molar-refractivity contribution in [3.63, 3.8) is 0 Å². The molecule has 0 aliphatic carbocycles. The van der Waals surface area contributed by atoms with Gasteiger partial charge in [-0.05, 0) is 20.8 Å². The van der Waals surface area contributed by atoms with Crippen molar-refractivity contribution >= 4 is 11.9 Å². The zero-order chi connectivity index (χ0) is 10.8. The Morgan fingerprint density at radius 3 is 2.79 bits per heavy atom. The monoisotopic (exact) mass is 198 g/mol. The van der Waals surface area contributed by atoms with Gasteiger partial charge in [0.2, 0.25) is 5.95 Å². The molecule has 0 aromatic carbocycles. The Balaban J connectivity index is 2.89. The molecule has 0 aliphatic heterocycles. The summed E-state index contributed by atoms with van der Waals surface area (Å²) in [6.45, 7) is 5.48. The van der Waals surface area contributed by atoms with E-state index in [9.17, 15) is 4.79 Å². The lowest BCUT2D eigenvalue weighted by molar-refractivity contribution is -0.152. The normalized spacial score (nSPS) is 11.4.